The summed E-state index contributed by atoms with van der Waals surface area (Å²) in [5.74, 6) is 0.388. The molecule has 80 valence electrons. The minimum absolute atomic E-state index is 0.152. The molecule has 1 aliphatic rings. The largest absolute Gasteiger partial charge is 0.316 e. The Morgan fingerprint density at radius 1 is 1.53 bits per heavy atom. The Morgan fingerprint density at radius 3 is 2.93 bits per heavy atom. The second kappa shape index (κ2) is 4.28. The van der Waals surface area contributed by atoms with Gasteiger partial charge in [-0.3, -0.25) is 10.1 Å². The van der Waals surface area contributed by atoms with Crippen LogP contribution in [0.15, 0.2) is 22.7 Å². The van der Waals surface area contributed by atoms with Gasteiger partial charge in [-0.2, -0.15) is 0 Å². The minimum atomic E-state index is -0.351. The quantitative estimate of drug-likeness (QED) is 0.664. The predicted molar refractivity (Wildman–Crippen MR) is 61.0 cm³/mol. The van der Waals surface area contributed by atoms with Gasteiger partial charge in [-0.05, 0) is 40.4 Å². The maximum absolute atomic E-state index is 10.7. The van der Waals surface area contributed by atoms with E-state index in [1.54, 1.807) is 6.07 Å². The molecule has 1 aliphatic heterocycles. The third kappa shape index (κ3) is 2.03. The summed E-state index contributed by atoms with van der Waals surface area (Å²) in [5, 5.41) is 14.0. The maximum atomic E-state index is 10.7. The van der Waals surface area contributed by atoms with Gasteiger partial charge in [0.15, 0.2) is 0 Å². The van der Waals surface area contributed by atoms with Crippen LogP contribution >= 0.6 is 15.9 Å². The Bertz CT molecular complexity index is 389. The summed E-state index contributed by atoms with van der Waals surface area (Å²) in [7, 11) is 0. The Morgan fingerprint density at radius 2 is 2.33 bits per heavy atom. The lowest BCUT2D eigenvalue weighted by Gasteiger charge is -2.10. The van der Waals surface area contributed by atoms with Gasteiger partial charge in [0.25, 0.3) is 5.69 Å². The lowest BCUT2D eigenvalue weighted by atomic mass is 9.98. The van der Waals surface area contributed by atoms with Gasteiger partial charge in [-0.15, -0.1) is 0 Å². The van der Waals surface area contributed by atoms with Crippen LogP contribution in [0.25, 0.3) is 0 Å². The van der Waals surface area contributed by atoms with Crippen LogP contribution in [0, 0.1) is 10.1 Å². The first-order valence-corrected chi connectivity index (χ1v) is 5.63. The number of nitrogens with one attached hydrogen (secondary N) is 1. The first kappa shape index (κ1) is 10.6. The zero-order valence-electron chi connectivity index (χ0n) is 8.07. The van der Waals surface area contributed by atoms with E-state index < -0.39 is 0 Å². The van der Waals surface area contributed by atoms with Crippen molar-refractivity contribution in [1.29, 1.82) is 0 Å². The van der Waals surface area contributed by atoms with Crippen LogP contribution in [0.4, 0.5) is 5.69 Å². The van der Waals surface area contributed by atoms with Crippen molar-refractivity contribution < 1.29 is 4.92 Å². The van der Waals surface area contributed by atoms with Crippen LogP contribution in [0.2, 0.25) is 0 Å². The molecule has 1 heterocycles. The molecular formula is C10H11BrN2O2. The zero-order valence-corrected chi connectivity index (χ0v) is 9.66. The van der Waals surface area contributed by atoms with Gasteiger partial charge in [-0.1, -0.05) is 12.1 Å². The van der Waals surface area contributed by atoms with E-state index in [-0.39, 0.29) is 10.6 Å². The van der Waals surface area contributed by atoms with Crippen LogP contribution < -0.4 is 5.32 Å². The van der Waals surface area contributed by atoms with Gasteiger partial charge in [0.05, 0.1) is 9.40 Å². The topological polar surface area (TPSA) is 55.2 Å². The number of halogens is 1. The van der Waals surface area contributed by atoms with E-state index in [1.807, 2.05) is 6.07 Å². The monoisotopic (exact) mass is 270 g/mol. The van der Waals surface area contributed by atoms with Gasteiger partial charge < -0.3 is 5.32 Å². The fourth-order valence-corrected chi connectivity index (χ4v) is 2.65. The molecule has 0 spiro atoms. The third-order valence-electron chi connectivity index (χ3n) is 2.71. The van der Waals surface area contributed by atoms with Crippen LogP contribution in [-0.2, 0) is 0 Å². The predicted octanol–water partition coefficient (Wildman–Crippen LogP) is 2.43. The van der Waals surface area contributed by atoms with Gasteiger partial charge >= 0.3 is 0 Å². The summed E-state index contributed by atoms with van der Waals surface area (Å²) in [4.78, 5) is 10.4. The zero-order chi connectivity index (χ0) is 10.8. The number of nitro benzene ring substituents is 1. The molecule has 1 aromatic rings. The van der Waals surface area contributed by atoms with E-state index in [9.17, 15) is 10.1 Å². The van der Waals surface area contributed by atoms with E-state index in [0.29, 0.717) is 10.4 Å². The summed E-state index contributed by atoms with van der Waals surface area (Å²) in [6.07, 6.45) is 1.04. The Kier molecular flexibility index (Phi) is 3.02. The molecule has 1 N–H and O–H groups in total. The number of benzene rings is 1. The molecule has 1 aromatic carbocycles. The normalized spacial score (nSPS) is 20.5. The molecule has 15 heavy (non-hydrogen) atoms. The van der Waals surface area contributed by atoms with E-state index in [0.717, 1.165) is 25.1 Å². The lowest BCUT2D eigenvalue weighted by molar-refractivity contribution is -0.385. The number of hydrogen-bond donors (Lipinski definition) is 1. The Hall–Kier alpha value is -0.940. The summed E-state index contributed by atoms with van der Waals surface area (Å²) in [6.45, 7) is 1.89. The first-order valence-electron chi connectivity index (χ1n) is 4.83. The molecular weight excluding hydrogens is 260 g/mol. The van der Waals surface area contributed by atoms with Crippen molar-refractivity contribution in [3.8, 4) is 0 Å². The van der Waals surface area contributed by atoms with Crippen molar-refractivity contribution >= 4 is 21.6 Å². The molecule has 0 bridgehead atoms. The third-order valence-corrected chi connectivity index (χ3v) is 3.57. The summed E-state index contributed by atoms with van der Waals surface area (Å²) in [6, 6.07) is 5.22. The fraction of sp³-hybridized carbons (Fsp3) is 0.400. The number of hydrogen-bond acceptors (Lipinski definition) is 3. The summed E-state index contributed by atoms with van der Waals surface area (Å²) >= 11 is 3.32. The van der Waals surface area contributed by atoms with E-state index in [4.69, 9.17) is 0 Å². The fourth-order valence-electron chi connectivity index (χ4n) is 1.91. The molecule has 0 amide bonds. The lowest BCUT2D eigenvalue weighted by Crippen LogP contribution is -2.08. The highest BCUT2D eigenvalue weighted by molar-refractivity contribution is 9.10. The van der Waals surface area contributed by atoms with Gasteiger partial charge in [0.2, 0.25) is 0 Å². The number of nitrogens with zero attached hydrogens (tertiary/aromatic N) is 1. The molecule has 1 saturated heterocycles. The SMILES string of the molecule is O=[N+]([O-])c1cccc(C2CCNC2)c1Br. The molecule has 5 heteroatoms. The van der Waals surface area contributed by atoms with Crippen LogP contribution in [-0.4, -0.2) is 18.0 Å². The van der Waals surface area contributed by atoms with Crippen molar-refractivity contribution in [1.82, 2.24) is 5.32 Å². The summed E-state index contributed by atoms with van der Waals surface area (Å²) in [5.41, 5.74) is 1.19. The van der Waals surface area contributed by atoms with Gasteiger partial charge in [0.1, 0.15) is 0 Å². The van der Waals surface area contributed by atoms with E-state index >= 15 is 0 Å². The average molecular weight is 271 g/mol. The van der Waals surface area contributed by atoms with Crippen LogP contribution in [0.3, 0.4) is 0 Å². The van der Waals surface area contributed by atoms with Crippen molar-refractivity contribution in [2.24, 2.45) is 0 Å². The Balaban J connectivity index is 2.39. The smallest absolute Gasteiger partial charge is 0.283 e. The van der Waals surface area contributed by atoms with Crippen molar-refractivity contribution in [2.45, 2.75) is 12.3 Å². The highest BCUT2D eigenvalue weighted by atomic mass is 79.9. The molecule has 1 unspecified atom stereocenters. The molecule has 2 rings (SSSR count). The standard InChI is InChI=1S/C10H11BrN2O2/c11-10-8(7-4-5-12-6-7)2-1-3-9(10)13(14)15/h1-3,7,12H,4-6H2. The Labute approximate surface area is 96.0 Å². The number of rotatable bonds is 2. The average Bonchev–Trinajstić information content (AvgIpc) is 2.70. The molecule has 0 aliphatic carbocycles. The molecule has 4 nitrogen and oxygen atoms in total. The van der Waals surface area contributed by atoms with Crippen molar-refractivity contribution in [3.63, 3.8) is 0 Å². The van der Waals surface area contributed by atoms with Crippen molar-refractivity contribution in [2.75, 3.05) is 13.1 Å². The molecule has 0 saturated carbocycles. The van der Waals surface area contributed by atoms with Gasteiger partial charge in [0, 0.05) is 12.6 Å². The molecule has 0 radical (unpaired) electrons. The molecule has 1 fully saturated rings. The molecule has 0 aromatic heterocycles. The number of nitro groups is 1. The maximum Gasteiger partial charge on any atom is 0.283 e. The van der Waals surface area contributed by atoms with E-state index in [1.165, 1.54) is 6.07 Å². The first-order chi connectivity index (χ1) is 7.20. The second-order valence-electron chi connectivity index (χ2n) is 3.63. The second-order valence-corrected chi connectivity index (χ2v) is 4.42. The molecule has 1 atom stereocenters. The summed E-state index contributed by atoms with van der Waals surface area (Å²) < 4.78 is 0.628. The minimum Gasteiger partial charge on any atom is -0.316 e. The van der Waals surface area contributed by atoms with Crippen LogP contribution in [0.1, 0.15) is 17.9 Å². The van der Waals surface area contributed by atoms with Gasteiger partial charge in [-0.25, -0.2) is 0 Å². The highest BCUT2D eigenvalue weighted by Gasteiger charge is 2.23. The van der Waals surface area contributed by atoms with Crippen molar-refractivity contribution in [3.05, 3.63) is 38.3 Å². The van der Waals surface area contributed by atoms with E-state index in [2.05, 4.69) is 21.2 Å². The van der Waals surface area contributed by atoms with Crippen LogP contribution in [0.5, 0.6) is 0 Å². The highest BCUT2D eigenvalue weighted by Crippen LogP contribution is 2.35.